The molecule has 0 heterocycles. The molecule has 0 aliphatic carbocycles. The largest absolute Gasteiger partial charge is 0.740 e. The van der Waals surface area contributed by atoms with Crippen molar-refractivity contribution in [3.05, 3.63) is 18.2 Å². The summed E-state index contributed by atoms with van der Waals surface area (Å²) in [5.74, 6) is -0.822. The van der Waals surface area contributed by atoms with E-state index in [9.17, 15) is 8.76 Å². The minimum absolute atomic E-state index is 0.170. The molecule has 6 heteroatoms. The highest BCUT2D eigenvalue weighted by molar-refractivity contribution is 7.74. The molecule has 12 heavy (non-hydrogen) atoms. The van der Waals surface area contributed by atoms with Crippen LogP contribution in [0, 0.1) is 0 Å². The molecule has 0 aromatic heterocycles. The molecule has 1 unspecified atom stereocenters. The third-order valence-electron chi connectivity index (χ3n) is 1.10. The van der Waals surface area contributed by atoms with Crippen molar-refractivity contribution in [3.63, 3.8) is 0 Å². The van der Waals surface area contributed by atoms with Crippen LogP contribution >= 0.6 is 0 Å². The van der Waals surface area contributed by atoms with Crippen LogP contribution < -0.4 is 4.18 Å². The molecule has 0 amide bonds. The summed E-state index contributed by atoms with van der Waals surface area (Å²) in [5.41, 5.74) is 0. The predicted molar refractivity (Wildman–Crippen MR) is 39.3 cm³/mol. The number of rotatable bonds is 2. The minimum Gasteiger partial charge on any atom is -0.740 e. The molecule has 0 aliphatic heterocycles. The quantitative estimate of drug-likeness (QED) is 0.652. The number of hydrogen-bond acceptors (Lipinski definition) is 5. The molecule has 0 fully saturated rings. The molecule has 0 saturated carbocycles. The highest BCUT2D eigenvalue weighted by atomic mass is 32.2. The van der Waals surface area contributed by atoms with Crippen LogP contribution in [0.15, 0.2) is 18.2 Å². The fraction of sp³-hybridized carbons (Fsp3) is 0. The van der Waals surface area contributed by atoms with Gasteiger partial charge >= 0.3 is 0 Å². The van der Waals surface area contributed by atoms with E-state index in [1.165, 1.54) is 6.07 Å². The lowest BCUT2D eigenvalue weighted by Gasteiger charge is -2.08. The first-order valence-corrected chi connectivity index (χ1v) is 3.89. The van der Waals surface area contributed by atoms with Crippen LogP contribution in [-0.2, 0) is 11.4 Å². The average molecular weight is 189 g/mol. The monoisotopic (exact) mass is 189 g/mol. The van der Waals surface area contributed by atoms with Gasteiger partial charge < -0.3 is 18.9 Å². The van der Waals surface area contributed by atoms with Crippen LogP contribution in [0.5, 0.6) is 17.2 Å². The predicted octanol–water partition coefficient (Wildman–Crippen LogP) is 0.271. The molecule has 66 valence electrons. The standard InChI is InChI=1S/C6H6O5S/c7-4-1-2-6(5(8)3-4)11-12(9)10/h1-3,7-8H,(H,9,10)/p-1. The van der Waals surface area contributed by atoms with Crippen LogP contribution in [0.1, 0.15) is 0 Å². The Labute approximate surface area is 70.7 Å². The fourth-order valence-electron chi connectivity index (χ4n) is 0.650. The van der Waals surface area contributed by atoms with E-state index in [0.29, 0.717) is 0 Å². The molecule has 2 N–H and O–H groups in total. The van der Waals surface area contributed by atoms with Gasteiger partial charge in [-0.3, -0.25) is 0 Å². The van der Waals surface area contributed by atoms with Crippen LogP contribution in [0.4, 0.5) is 0 Å². The van der Waals surface area contributed by atoms with E-state index in [2.05, 4.69) is 4.18 Å². The highest BCUT2D eigenvalue weighted by Crippen LogP contribution is 2.29. The van der Waals surface area contributed by atoms with E-state index >= 15 is 0 Å². The summed E-state index contributed by atoms with van der Waals surface area (Å²) < 4.78 is 24.2. The van der Waals surface area contributed by atoms with Gasteiger partial charge in [0.25, 0.3) is 0 Å². The van der Waals surface area contributed by atoms with Gasteiger partial charge in [-0.25, -0.2) is 4.21 Å². The number of benzene rings is 1. The van der Waals surface area contributed by atoms with Gasteiger partial charge in [0.15, 0.2) is 11.5 Å². The molecule has 1 rings (SSSR count). The van der Waals surface area contributed by atoms with Crippen LogP contribution in [-0.4, -0.2) is 19.0 Å². The van der Waals surface area contributed by atoms with E-state index in [1.807, 2.05) is 0 Å². The molecule has 5 nitrogen and oxygen atoms in total. The van der Waals surface area contributed by atoms with Gasteiger partial charge in [0.2, 0.25) is 0 Å². The second-order valence-electron chi connectivity index (χ2n) is 1.94. The SMILES string of the molecule is O=S([O-])Oc1ccc(O)cc1O. The third-order valence-corrected chi connectivity index (χ3v) is 1.42. The molecule has 0 aliphatic rings. The first kappa shape index (κ1) is 8.82. The summed E-state index contributed by atoms with van der Waals surface area (Å²) in [5, 5.41) is 17.8. The maximum Gasteiger partial charge on any atom is 0.181 e. The molecular weight excluding hydrogens is 184 g/mol. The van der Waals surface area contributed by atoms with Gasteiger partial charge in [-0.1, -0.05) is 0 Å². The van der Waals surface area contributed by atoms with Crippen LogP contribution in [0.2, 0.25) is 0 Å². The summed E-state index contributed by atoms with van der Waals surface area (Å²) >= 11 is -2.73. The van der Waals surface area contributed by atoms with Crippen molar-refractivity contribution >= 4 is 11.4 Å². The van der Waals surface area contributed by atoms with Crippen molar-refractivity contribution < 1.29 is 23.2 Å². The Balaban J connectivity index is 2.93. The summed E-state index contributed by atoms with van der Waals surface area (Å²) in [4.78, 5) is 0. The summed E-state index contributed by atoms with van der Waals surface area (Å²) in [6.07, 6.45) is 0. The van der Waals surface area contributed by atoms with Crippen molar-refractivity contribution in [2.24, 2.45) is 0 Å². The van der Waals surface area contributed by atoms with Gasteiger partial charge in [0, 0.05) is 6.07 Å². The average Bonchev–Trinajstić information content (AvgIpc) is 1.94. The molecular formula is C6H5O5S-. The van der Waals surface area contributed by atoms with Crippen molar-refractivity contribution in [2.75, 3.05) is 0 Å². The Kier molecular flexibility index (Phi) is 2.51. The topological polar surface area (TPSA) is 89.8 Å². The van der Waals surface area contributed by atoms with Gasteiger partial charge in [-0.15, -0.1) is 0 Å². The molecule has 1 atom stereocenters. The molecule has 0 radical (unpaired) electrons. The Morgan fingerprint density at radius 2 is 2.08 bits per heavy atom. The maximum atomic E-state index is 10.0. The first-order chi connectivity index (χ1) is 5.59. The minimum atomic E-state index is -2.73. The molecule has 0 bridgehead atoms. The van der Waals surface area contributed by atoms with E-state index in [-0.39, 0.29) is 11.5 Å². The van der Waals surface area contributed by atoms with Gasteiger partial charge in [-0.2, -0.15) is 0 Å². The Bertz CT molecular complexity index is 311. The zero-order valence-electron chi connectivity index (χ0n) is 5.76. The lowest BCUT2D eigenvalue weighted by molar-refractivity contribution is 0.403. The van der Waals surface area contributed by atoms with E-state index < -0.39 is 17.1 Å². The van der Waals surface area contributed by atoms with Crippen molar-refractivity contribution in [2.45, 2.75) is 0 Å². The van der Waals surface area contributed by atoms with Crippen LogP contribution in [0.3, 0.4) is 0 Å². The summed E-state index contributed by atoms with van der Waals surface area (Å²) in [6, 6.07) is 3.31. The summed E-state index contributed by atoms with van der Waals surface area (Å²) in [7, 11) is 0. The fourth-order valence-corrected chi connectivity index (χ4v) is 0.937. The lowest BCUT2D eigenvalue weighted by Crippen LogP contribution is -1.97. The molecule has 1 aromatic rings. The van der Waals surface area contributed by atoms with Crippen LogP contribution in [0.25, 0.3) is 0 Å². The smallest absolute Gasteiger partial charge is 0.181 e. The Hall–Kier alpha value is -1.27. The van der Waals surface area contributed by atoms with Gasteiger partial charge in [0.1, 0.15) is 17.1 Å². The number of phenols is 2. The number of phenolic OH excluding ortho intramolecular Hbond substituents is 2. The zero-order valence-corrected chi connectivity index (χ0v) is 6.58. The van der Waals surface area contributed by atoms with E-state index in [4.69, 9.17) is 10.2 Å². The van der Waals surface area contributed by atoms with Crippen molar-refractivity contribution in [1.82, 2.24) is 0 Å². The molecule has 1 aromatic carbocycles. The van der Waals surface area contributed by atoms with Crippen molar-refractivity contribution in [3.8, 4) is 17.2 Å². The third kappa shape index (κ3) is 2.11. The Morgan fingerprint density at radius 1 is 1.42 bits per heavy atom. The van der Waals surface area contributed by atoms with Gasteiger partial charge in [0.05, 0.1) is 0 Å². The first-order valence-electron chi connectivity index (χ1n) is 2.89. The van der Waals surface area contributed by atoms with Gasteiger partial charge in [-0.05, 0) is 12.1 Å². The second kappa shape index (κ2) is 3.42. The summed E-state index contributed by atoms with van der Waals surface area (Å²) in [6.45, 7) is 0. The highest BCUT2D eigenvalue weighted by Gasteiger charge is 2.02. The maximum absolute atomic E-state index is 10.0. The number of hydrogen-bond donors (Lipinski definition) is 2. The zero-order chi connectivity index (χ0) is 9.14. The van der Waals surface area contributed by atoms with E-state index in [1.54, 1.807) is 0 Å². The second-order valence-corrected chi connectivity index (χ2v) is 2.51. The number of aromatic hydroxyl groups is 2. The normalized spacial score (nSPS) is 12.4. The van der Waals surface area contributed by atoms with Crippen molar-refractivity contribution in [1.29, 1.82) is 0 Å². The molecule has 0 spiro atoms. The molecule has 0 saturated heterocycles. The lowest BCUT2D eigenvalue weighted by atomic mass is 10.3. The van der Waals surface area contributed by atoms with E-state index in [0.717, 1.165) is 12.1 Å². The Morgan fingerprint density at radius 3 is 2.58 bits per heavy atom.